The number of hydrogen-bond acceptors (Lipinski definition) is 6. The van der Waals surface area contributed by atoms with Crippen molar-refractivity contribution in [1.82, 2.24) is 29.7 Å². The second kappa shape index (κ2) is 8.42. The van der Waals surface area contributed by atoms with Crippen molar-refractivity contribution in [2.24, 2.45) is 0 Å². The highest BCUT2D eigenvalue weighted by molar-refractivity contribution is 6.32. The lowest BCUT2D eigenvalue weighted by molar-refractivity contribution is 0.361. The van der Waals surface area contributed by atoms with Crippen molar-refractivity contribution in [2.75, 3.05) is 5.32 Å². The van der Waals surface area contributed by atoms with Crippen molar-refractivity contribution in [3.8, 4) is 0 Å². The highest BCUT2D eigenvalue weighted by atomic mass is 35.5. The smallest absolute Gasteiger partial charge is 0.151 e. The standard InChI is InChI=1S/C11H14ClN5.C4H2Cl2N2/c1-11(2,3)17-10(4-5-14-17)16-9-7-13-6-8(12)15-9;5-3-1-7-2-4(6)8-3/h4-7H,1-3H3,(H,15,16);1-2H. The van der Waals surface area contributed by atoms with Gasteiger partial charge in [-0.1, -0.05) is 34.8 Å². The van der Waals surface area contributed by atoms with Crippen molar-refractivity contribution in [3.05, 3.63) is 52.5 Å². The predicted octanol–water partition coefficient (Wildman–Crippen LogP) is 4.61. The molecular formula is C15H16Cl3N7. The Morgan fingerprint density at radius 3 is 1.92 bits per heavy atom. The van der Waals surface area contributed by atoms with Gasteiger partial charge in [0.1, 0.15) is 21.3 Å². The predicted molar refractivity (Wildman–Crippen MR) is 99.6 cm³/mol. The lowest BCUT2D eigenvalue weighted by Crippen LogP contribution is -2.24. The molecule has 3 rings (SSSR count). The molecule has 3 heterocycles. The molecule has 132 valence electrons. The van der Waals surface area contributed by atoms with Crippen LogP contribution < -0.4 is 5.32 Å². The van der Waals surface area contributed by atoms with Gasteiger partial charge in [-0.3, -0.25) is 9.97 Å². The Balaban J connectivity index is 0.000000236. The van der Waals surface area contributed by atoms with E-state index in [4.69, 9.17) is 34.8 Å². The van der Waals surface area contributed by atoms with E-state index in [2.05, 4.69) is 51.1 Å². The minimum absolute atomic E-state index is 0.0994. The summed E-state index contributed by atoms with van der Waals surface area (Å²) < 4.78 is 1.88. The second-order valence-electron chi connectivity index (χ2n) is 5.82. The van der Waals surface area contributed by atoms with Crippen LogP contribution in [0.25, 0.3) is 0 Å². The fourth-order valence-corrected chi connectivity index (χ4v) is 2.27. The van der Waals surface area contributed by atoms with Crippen LogP contribution in [0, 0.1) is 0 Å². The number of halogens is 3. The van der Waals surface area contributed by atoms with E-state index in [0.717, 1.165) is 5.82 Å². The second-order valence-corrected chi connectivity index (χ2v) is 6.98. The van der Waals surface area contributed by atoms with Gasteiger partial charge in [0.15, 0.2) is 5.82 Å². The van der Waals surface area contributed by atoms with Gasteiger partial charge in [-0.05, 0) is 20.8 Å². The molecule has 0 aliphatic rings. The van der Waals surface area contributed by atoms with Crippen molar-refractivity contribution in [2.45, 2.75) is 26.3 Å². The van der Waals surface area contributed by atoms with Crippen LogP contribution in [0.3, 0.4) is 0 Å². The van der Waals surface area contributed by atoms with Crippen molar-refractivity contribution >= 4 is 46.4 Å². The molecule has 7 nitrogen and oxygen atoms in total. The van der Waals surface area contributed by atoms with Gasteiger partial charge in [-0.15, -0.1) is 0 Å². The molecule has 0 radical (unpaired) electrons. The molecule has 0 aliphatic heterocycles. The lowest BCUT2D eigenvalue weighted by Gasteiger charge is -2.22. The maximum Gasteiger partial charge on any atom is 0.151 e. The van der Waals surface area contributed by atoms with Crippen LogP contribution in [0.5, 0.6) is 0 Å². The number of anilines is 2. The number of rotatable bonds is 2. The molecule has 0 bridgehead atoms. The first-order valence-electron chi connectivity index (χ1n) is 7.18. The third-order valence-corrected chi connectivity index (χ3v) is 3.26. The van der Waals surface area contributed by atoms with Crippen molar-refractivity contribution in [3.63, 3.8) is 0 Å². The number of hydrogen-bond donors (Lipinski definition) is 1. The van der Waals surface area contributed by atoms with Crippen LogP contribution in [0.4, 0.5) is 11.6 Å². The van der Waals surface area contributed by atoms with Gasteiger partial charge in [0.2, 0.25) is 0 Å². The molecule has 0 spiro atoms. The first kappa shape index (κ1) is 19.4. The summed E-state index contributed by atoms with van der Waals surface area (Å²) in [5, 5.41) is 8.41. The molecule has 0 saturated carbocycles. The summed E-state index contributed by atoms with van der Waals surface area (Å²) in [7, 11) is 0. The maximum absolute atomic E-state index is 5.78. The van der Waals surface area contributed by atoms with Crippen molar-refractivity contribution < 1.29 is 0 Å². The average molecular weight is 401 g/mol. The zero-order valence-corrected chi connectivity index (χ0v) is 16.0. The first-order valence-corrected chi connectivity index (χ1v) is 8.31. The van der Waals surface area contributed by atoms with Gasteiger partial charge < -0.3 is 5.32 Å². The molecule has 0 saturated heterocycles. The van der Waals surface area contributed by atoms with E-state index in [1.54, 1.807) is 12.4 Å². The highest BCUT2D eigenvalue weighted by Gasteiger charge is 2.17. The summed E-state index contributed by atoms with van der Waals surface area (Å²) in [6.45, 7) is 6.23. The van der Waals surface area contributed by atoms with Crippen LogP contribution in [0.15, 0.2) is 37.1 Å². The third kappa shape index (κ3) is 6.12. The van der Waals surface area contributed by atoms with Gasteiger partial charge >= 0.3 is 0 Å². The van der Waals surface area contributed by atoms with E-state index in [9.17, 15) is 0 Å². The minimum atomic E-state index is -0.0994. The molecule has 3 aromatic rings. The van der Waals surface area contributed by atoms with E-state index in [-0.39, 0.29) is 5.54 Å². The van der Waals surface area contributed by atoms with Crippen LogP contribution in [-0.4, -0.2) is 29.7 Å². The quantitative estimate of drug-likeness (QED) is 0.676. The van der Waals surface area contributed by atoms with Gasteiger partial charge in [0, 0.05) is 6.07 Å². The maximum atomic E-state index is 5.78. The van der Waals surface area contributed by atoms with E-state index in [1.165, 1.54) is 18.6 Å². The van der Waals surface area contributed by atoms with E-state index < -0.39 is 0 Å². The van der Waals surface area contributed by atoms with Crippen LogP contribution in [-0.2, 0) is 5.54 Å². The fourth-order valence-electron chi connectivity index (χ4n) is 1.79. The normalized spacial score (nSPS) is 10.8. The molecule has 0 aromatic carbocycles. The summed E-state index contributed by atoms with van der Waals surface area (Å²) in [6.07, 6.45) is 7.70. The van der Waals surface area contributed by atoms with Crippen molar-refractivity contribution in [1.29, 1.82) is 0 Å². The minimum Gasteiger partial charge on any atom is -0.324 e. The van der Waals surface area contributed by atoms with E-state index in [1.807, 2.05) is 10.7 Å². The molecule has 3 aromatic heterocycles. The van der Waals surface area contributed by atoms with Gasteiger partial charge in [-0.2, -0.15) is 5.10 Å². The molecule has 10 heteroatoms. The van der Waals surface area contributed by atoms with Crippen LogP contribution >= 0.6 is 34.8 Å². The Bertz CT molecular complexity index is 812. The largest absolute Gasteiger partial charge is 0.324 e. The zero-order valence-electron chi connectivity index (χ0n) is 13.8. The molecule has 0 aliphatic carbocycles. The van der Waals surface area contributed by atoms with E-state index in [0.29, 0.717) is 21.3 Å². The zero-order chi connectivity index (χ0) is 18.4. The molecule has 1 N–H and O–H groups in total. The van der Waals surface area contributed by atoms with Gasteiger partial charge in [0.25, 0.3) is 0 Å². The Labute approximate surface area is 160 Å². The van der Waals surface area contributed by atoms with Gasteiger partial charge in [-0.25, -0.2) is 14.6 Å². The molecular weight excluding hydrogens is 385 g/mol. The lowest BCUT2D eigenvalue weighted by atomic mass is 10.1. The summed E-state index contributed by atoms with van der Waals surface area (Å²) in [5.74, 6) is 1.46. The molecule has 0 atom stereocenters. The summed E-state index contributed by atoms with van der Waals surface area (Å²) in [4.78, 5) is 15.4. The molecule has 0 amide bonds. The summed E-state index contributed by atoms with van der Waals surface area (Å²) in [6, 6.07) is 1.88. The third-order valence-electron chi connectivity index (χ3n) is 2.72. The van der Waals surface area contributed by atoms with Crippen LogP contribution in [0.1, 0.15) is 20.8 Å². The SMILES string of the molecule is CC(C)(C)n1nccc1Nc1cncc(Cl)n1.Clc1cncc(Cl)n1. The van der Waals surface area contributed by atoms with Gasteiger partial charge in [0.05, 0.1) is 36.5 Å². The highest BCUT2D eigenvalue weighted by Crippen LogP contribution is 2.22. The molecule has 0 unspecified atom stereocenters. The Morgan fingerprint density at radius 1 is 0.880 bits per heavy atom. The fraction of sp³-hybridized carbons (Fsp3) is 0.267. The Hall–Kier alpha value is -1.96. The summed E-state index contributed by atoms with van der Waals surface area (Å²) >= 11 is 16.6. The molecule has 25 heavy (non-hydrogen) atoms. The Kier molecular flexibility index (Phi) is 6.52. The number of nitrogens with one attached hydrogen (secondary N) is 1. The Morgan fingerprint density at radius 2 is 1.44 bits per heavy atom. The van der Waals surface area contributed by atoms with E-state index >= 15 is 0 Å². The number of nitrogens with zero attached hydrogens (tertiary/aromatic N) is 6. The van der Waals surface area contributed by atoms with Crippen LogP contribution in [0.2, 0.25) is 15.5 Å². The average Bonchev–Trinajstić information content (AvgIpc) is 2.96. The molecule has 0 fully saturated rings. The number of aromatic nitrogens is 6. The topological polar surface area (TPSA) is 81.4 Å². The summed E-state index contributed by atoms with van der Waals surface area (Å²) in [5.41, 5.74) is -0.0994. The monoisotopic (exact) mass is 399 g/mol. The first-order chi connectivity index (χ1) is 11.8.